The van der Waals surface area contributed by atoms with Crippen molar-refractivity contribution in [3.8, 4) is 0 Å². The van der Waals surface area contributed by atoms with E-state index in [0.717, 1.165) is 11.3 Å². The minimum atomic E-state index is -0.703. The molecule has 120 valence electrons. The Morgan fingerprint density at radius 2 is 2.48 bits per heavy atom. The van der Waals surface area contributed by atoms with Crippen LogP contribution in [-0.2, 0) is 14.4 Å². The first-order valence-corrected chi connectivity index (χ1v) is 7.16. The lowest BCUT2D eigenvalue weighted by atomic mass is 10.1. The number of carbonyl (C=O) groups is 2. The number of anilines is 2. The van der Waals surface area contributed by atoms with E-state index in [0.29, 0.717) is 5.13 Å². The number of nitrogens with zero attached hydrogens (tertiary/aromatic N) is 6. The number of hydrogen-bond acceptors (Lipinski definition) is 10. The topological polar surface area (TPSA) is 164 Å². The van der Waals surface area contributed by atoms with Crippen LogP contribution in [0.2, 0.25) is 0 Å². The van der Waals surface area contributed by atoms with Crippen LogP contribution < -0.4 is 16.0 Å². The van der Waals surface area contributed by atoms with Crippen molar-refractivity contribution in [3.63, 3.8) is 0 Å². The third-order valence-electron chi connectivity index (χ3n) is 2.99. The zero-order valence-corrected chi connectivity index (χ0v) is 12.6. The summed E-state index contributed by atoms with van der Waals surface area (Å²) in [6.07, 6.45) is 0. The number of aromatic amines is 1. The number of β-lactam (4-membered cyclic amide) rings is 1. The number of nitrogen functional groups attached to an aromatic ring is 1. The van der Waals surface area contributed by atoms with E-state index in [4.69, 9.17) is 5.73 Å². The minimum Gasteiger partial charge on any atom is -0.398 e. The van der Waals surface area contributed by atoms with Crippen molar-refractivity contribution in [2.45, 2.75) is 6.04 Å². The first-order chi connectivity index (χ1) is 11.1. The SMILES string of the molecule is CO/N=C(\C(=O)N[C@H]1CN(c2nnn[nH]2)C1=O)c1csc(N)n1. The van der Waals surface area contributed by atoms with E-state index in [-0.39, 0.29) is 29.8 Å². The maximum Gasteiger partial charge on any atom is 0.276 e. The van der Waals surface area contributed by atoms with Gasteiger partial charge in [0.25, 0.3) is 11.8 Å². The molecule has 3 heterocycles. The highest BCUT2D eigenvalue weighted by Gasteiger charge is 2.41. The molecule has 1 atom stereocenters. The second kappa shape index (κ2) is 5.96. The van der Waals surface area contributed by atoms with Crippen LogP contribution in [0.25, 0.3) is 0 Å². The van der Waals surface area contributed by atoms with Gasteiger partial charge in [0.1, 0.15) is 18.8 Å². The Morgan fingerprint density at radius 3 is 3.04 bits per heavy atom. The standard InChI is InChI=1S/C10H11N9O3S/c1-22-16-6(5-3-23-9(11)13-5)7(20)12-4-2-19(8(4)21)10-14-17-18-15-10/h3-4H,2H2,1H3,(H2,11,13)(H,12,20)(H,14,15,17,18)/b16-6-/t4-/m0/s1. The van der Waals surface area contributed by atoms with Crippen molar-refractivity contribution < 1.29 is 14.4 Å². The molecule has 1 aliphatic rings. The molecule has 3 rings (SSSR count). The van der Waals surface area contributed by atoms with Crippen molar-refractivity contribution in [2.75, 3.05) is 24.3 Å². The van der Waals surface area contributed by atoms with Crippen LogP contribution in [-0.4, -0.2) is 62.8 Å². The van der Waals surface area contributed by atoms with Gasteiger partial charge in [-0.25, -0.2) is 10.1 Å². The second-order valence-electron chi connectivity index (χ2n) is 4.39. The third-order valence-corrected chi connectivity index (χ3v) is 3.66. The first kappa shape index (κ1) is 14.8. The maximum atomic E-state index is 12.3. The summed E-state index contributed by atoms with van der Waals surface area (Å²) >= 11 is 1.16. The van der Waals surface area contributed by atoms with Crippen molar-refractivity contribution in [1.82, 2.24) is 30.9 Å². The van der Waals surface area contributed by atoms with Gasteiger partial charge in [0.15, 0.2) is 10.8 Å². The zero-order chi connectivity index (χ0) is 16.4. The normalized spacial score (nSPS) is 17.8. The van der Waals surface area contributed by atoms with Crippen molar-refractivity contribution in [1.29, 1.82) is 0 Å². The maximum absolute atomic E-state index is 12.3. The van der Waals surface area contributed by atoms with E-state index in [9.17, 15) is 9.59 Å². The summed E-state index contributed by atoms with van der Waals surface area (Å²) in [4.78, 5) is 34.2. The van der Waals surface area contributed by atoms with Gasteiger partial charge in [0.2, 0.25) is 5.95 Å². The van der Waals surface area contributed by atoms with E-state index in [1.54, 1.807) is 5.38 Å². The van der Waals surface area contributed by atoms with Crippen molar-refractivity contribution in [3.05, 3.63) is 11.1 Å². The highest BCUT2D eigenvalue weighted by atomic mass is 32.1. The Kier molecular flexibility index (Phi) is 3.84. The quantitative estimate of drug-likeness (QED) is 0.324. The van der Waals surface area contributed by atoms with Crippen LogP contribution in [0.3, 0.4) is 0 Å². The number of carbonyl (C=O) groups excluding carboxylic acids is 2. The van der Waals surface area contributed by atoms with Gasteiger partial charge in [-0.15, -0.1) is 11.3 Å². The van der Waals surface area contributed by atoms with Gasteiger partial charge in [-0.1, -0.05) is 10.3 Å². The van der Waals surface area contributed by atoms with Crippen LogP contribution in [0.5, 0.6) is 0 Å². The largest absolute Gasteiger partial charge is 0.398 e. The van der Waals surface area contributed by atoms with Gasteiger partial charge < -0.3 is 15.9 Å². The van der Waals surface area contributed by atoms with Gasteiger partial charge in [-0.3, -0.25) is 14.5 Å². The van der Waals surface area contributed by atoms with Crippen LogP contribution in [0, 0.1) is 0 Å². The second-order valence-corrected chi connectivity index (χ2v) is 5.28. The number of oxime groups is 1. The lowest BCUT2D eigenvalue weighted by Crippen LogP contribution is -2.65. The van der Waals surface area contributed by atoms with Gasteiger partial charge in [-0.05, 0) is 10.4 Å². The molecule has 0 saturated carbocycles. The highest BCUT2D eigenvalue weighted by Crippen LogP contribution is 2.17. The number of rotatable bonds is 5. The number of aromatic nitrogens is 5. The van der Waals surface area contributed by atoms with Crippen molar-refractivity contribution in [2.24, 2.45) is 5.16 Å². The van der Waals surface area contributed by atoms with Gasteiger partial charge in [0.05, 0.1) is 6.54 Å². The van der Waals surface area contributed by atoms with E-state index in [2.05, 4.69) is 40.9 Å². The molecule has 0 spiro atoms. The minimum absolute atomic E-state index is 0.0620. The van der Waals surface area contributed by atoms with E-state index < -0.39 is 11.9 Å². The molecule has 12 nitrogen and oxygen atoms in total. The summed E-state index contributed by atoms with van der Waals surface area (Å²) in [5.74, 6) is -0.712. The molecule has 0 bridgehead atoms. The fraction of sp³-hybridized carbons (Fsp3) is 0.300. The lowest BCUT2D eigenvalue weighted by Gasteiger charge is -2.35. The predicted octanol–water partition coefficient (Wildman–Crippen LogP) is -1.88. The Morgan fingerprint density at radius 1 is 1.65 bits per heavy atom. The van der Waals surface area contributed by atoms with Crippen LogP contribution in [0.4, 0.5) is 11.1 Å². The molecule has 1 fully saturated rings. The molecule has 0 unspecified atom stereocenters. The molecule has 0 radical (unpaired) electrons. The Bertz CT molecular complexity index is 755. The van der Waals surface area contributed by atoms with Crippen molar-refractivity contribution >= 4 is 39.9 Å². The Hall–Kier alpha value is -3.09. The molecule has 2 amide bonds. The molecule has 2 aromatic heterocycles. The van der Waals surface area contributed by atoms with Gasteiger partial charge >= 0.3 is 0 Å². The summed E-state index contributed by atoms with van der Waals surface area (Å²) < 4.78 is 0. The van der Waals surface area contributed by atoms with E-state index in [1.165, 1.54) is 12.0 Å². The average Bonchev–Trinajstić information content (AvgIpc) is 3.19. The smallest absolute Gasteiger partial charge is 0.276 e. The molecule has 0 aliphatic carbocycles. The van der Waals surface area contributed by atoms with Crippen LogP contribution >= 0.6 is 11.3 Å². The number of hydrogen-bond donors (Lipinski definition) is 3. The molecular weight excluding hydrogens is 326 g/mol. The number of nitrogens with two attached hydrogens (primary N) is 1. The van der Waals surface area contributed by atoms with Crippen LogP contribution in [0.15, 0.2) is 10.5 Å². The third kappa shape index (κ3) is 2.80. The zero-order valence-electron chi connectivity index (χ0n) is 11.8. The molecular formula is C10H11N9O3S. The number of H-pyrrole nitrogens is 1. The number of thiazole rings is 1. The predicted molar refractivity (Wildman–Crippen MR) is 78.5 cm³/mol. The molecule has 2 aromatic rings. The highest BCUT2D eigenvalue weighted by molar-refractivity contribution is 7.13. The van der Waals surface area contributed by atoms with Gasteiger partial charge in [-0.2, -0.15) is 0 Å². The van der Waals surface area contributed by atoms with Crippen LogP contribution in [0.1, 0.15) is 5.69 Å². The number of amides is 2. The molecule has 1 aliphatic heterocycles. The van der Waals surface area contributed by atoms with Gasteiger partial charge in [0, 0.05) is 5.38 Å². The lowest BCUT2D eigenvalue weighted by molar-refractivity contribution is -0.128. The molecule has 4 N–H and O–H groups in total. The fourth-order valence-corrected chi connectivity index (χ4v) is 2.46. The molecule has 13 heteroatoms. The number of tetrazole rings is 1. The Balaban J connectivity index is 1.67. The fourth-order valence-electron chi connectivity index (χ4n) is 1.91. The number of nitrogens with one attached hydrogen (secondary N) is 2. The van der Waals surface area contributed by atoms with E-state index in [1.807, 2.05) is 0 Å². The summed E-state index contributed by atoms with van der Waals surface area (Å²) in [5, 5.41) is 20.9. The molecule has 23 heavy (non-hydrogen) atoms. The summed E-state index contributed by atoms with van der Waals surface area (Å²) in [6, 6.07) is -0.703. The van der Waals surface area contributed by atoms with E-state index >= 15 is 0 Å². The summed E-state index contributed by atoms with van der Waals surface area (Å²) in [7, 11) is 1.30. The molecule has 0 aromatic carbocycles. The summed E-state index contributed by atoms with van der Waals surface area (Å²) in [6.45, 7) is 0.237. The average molecular weight is 337 g/mol. The summed E-state index contributed by atoms with van der Waals surface area (Å²) in [5.41, 5.74) is 5.75. The monoisotopic (exact) mass is 337 g/mol. The first-order valence-electron chi connectivity index (χ1n) is 6.28. The Labute approximate surface area is 132 Å². The molecule has 1 saturated heterocycles.